The lowest BCUT2D eigenvalue weighted by atomic mass is 10.1. The molecule has 0 atom stereocenters. The second kappa shape index (κ2) is 4.72. The number of rotatable bonds is 4. The molecule has 0 unspecified atom stereocenters. The van der Waals surface area contributed by atoms with Crippen LogP contribution in [0.25, 0.3) is 0 Å². The van der Waals surface area contributed by atoms with E-state index in [0.29, 0.717) is 5.75 Å². The summed E-state index contributed by atoms with van der Waals surface area (Å²) in [6, 6.07) is 7.18. The fourth-order valence-corrected chi connectivity index (χ4v) is 1.06. The van der Waals surface area contributed by atoms with Gasteiger partial charge in [0.05, 0.1) is 5.49 Å². The van der Waals surface area contributed by atoms with E-state index in [0.717, 1.165) is 13.0 Å². The van der Waals surface area contributed by atoms with Gasteiger partial charge in [0, 0.05) is 6.54 Å². The molecule has 1 aromatic rings. The molecule has 0 fully saturated rings. The smallest absolute Gasteiger partial charge is 0.115 e. The Balaban J connectivity index is 2.42. The maximum Gasteiger partial charge on any atom is 0.115 e. The number of phenolic OH excluding ortho intramolecular Hbond substituents is 1. The predicted molar refractivity (Wildman–Crippen MR) is 53.5 cm³/mol. The standard InChI is InChI=1S/C9H11NOS/c11-9-3-1-8(2-4-9)5-6-10-7-12/h1-4,7,11H,5-6H2,(H,10,12). The van der Waals surface area contributed by atoms with E-state index in [1.807, 2.05) is 12.1 Å². The van der Waals surface area contributed by atoms with Crippen LogP contribution in [0.3, 0.4) is 0 Å². The van der Waals surface area contributed by atoms with Gasteiger partial charge in [-0.15, -0.1) is 0 Å². The first-order valence-corrected chi connectivity index (χ1v) is 4.25. The van der Waals surface area contributed by atoms with Crippen molar-refractivity contribution in [2.24, 2.45) is 0 Å². The van der Waals surface area contributed by atoms with Gasteiger partial charge in [-0.2, -0.15) is 0 Å². The molecule has 0 saturated carbocycles. The lowest BCUT2D eigenvalue weighted by Crippen LogP contribution is -2.13. The monoisotopic (exact) mass is 181 g/mol. The Morgan fingerprint density at radius 2 is 2.00 bits per heavy atom. The molecule has 0 saturated heterocycles. The zero-order valence-electron chi connectivity index (χ0n) is 6.66. The number of nitrogens with one attached hydrogen (secondary N) is 1. The molecule has 0 radical (unpaired) electrons. The van der Waals surface area contributed by atoms with E-state index in [9.17, 15) is 0 Å². The van der Waals surface area contributed by atoms with Gasteiger partial charge < -0.3 is 10.4 Å². The zero-order valence-corrected chi connectivity index (χ0v) is 7.47. The molecule has 2 nitrogen and oxygen atoms in total. The molecule has 0 aliphatic carbocycles. The van der Waals surface area contributed by atoms with Crippen molar-refractivity contribution in [1.82, 2.24) is 5.32 Å². The quantitative estimate of drug-likeness (QED) is 0.545. The van der Waals surface area contributed by atoms with Crippen molar-refractivity contribution in [3.8, 4) is 5.75 Å². The van der Waals surface area contributed by atoms with Crippen LogP contribution in [0.5, 0.6) is 5.75 Å². The Morgan fingerprint density at radius 1 is 1.33 bits per heavy atom. The Labute approximate surface area is 77.2 Å². The lowest BCUT2D eigenvalue weighted by molar-refractivity contribution is 0.475. The number of phenols is 1. The van der Waals surface area contributed by atoms with Crippen LogP contribution in [0.4, 0.5) is 0 Å². The van der Waals surface area contributed by atoms with Gasteiger partial charge in [0.15, 0.2) is 0 Å². The third-order valence-electron chi connectivity index (χ3n) is 1.58. The first kappa shape index (κ1) is 9.00. The largest absolute Gasteiger partial charge is 0.508 e. The molecule has 0 aromatic heterocycles. The Hall–Kier alpha value is -1.09. The summed E-state index contributed by atoms with van der Waals surface area (Å²) in [5.41, 5.74) is 2.71. The highest BCUT2D eigenvalue weighted by molar-refractivity contribution is 7.78. The highest BCUT2D eigenvalue weighted by Crippen LogP contribution is 2.09. The molecule has 0 bridgehead atoms. The van der Waals surface area contributed by atoms with Crippen LogP contribution < -0.4 is 5.32 Å². The molecule has 0 aliphatic rings. The predicted octanol–water partition coefficient (Wildman–Crippen LogP) is 1.48. The van der Waals surface area contributed by atoms with Gasteiger partial charge in [0.2, 0.25) is 0 Å². The average Bonchev–Trinajstić information content (AvgIpc) is 2.09. The van der Waals surface area contributed by atoms with Gasteiger partial charge in [0.25, 0.3) is 0 Å². The first-order valence-electron chi connectivity index (χ1n) is 3.78. The molecule has 0 spiro atoms. The molecule has 1 aromatic carbocycles. The van der Waals surface area contributed by atoms with Crippen LogP contribution in [-0.2, 0) is 6.42 Å². The highest BCUT2D eigenvalue weighted by Gasteiger charge is 1.91. The summed E-state index contributed by atoms with van der Waals surface area (Å²) in [5.74, 6) is 0.307. The summed E-state index contributed by atoms with van der Waals surface area (Å²) in [5, 5.41) is 11.9. The normalized spacial score (nSPS) is 9.33. The van der Waals surface area contributed by atoms with Gasteiger partial charge >= 0.3 is 0 Å². The molecule has 1 rings (SSSR count). The van der Waals surface area contributed by atoms with Crippen molar-refractivity contribution in [2.45, 2.75) is 6.42 Å². The molecule has 3 heteroatoms. The fourth-order valence-electron chi connectivity index (χ4n) is 0.938. The number of hydrogen-bond donors (Lipinski definition) is 2. The third-order valence-corrected chi connectivity index (χ3v) is 1.74. The SMILES string of the molecule is Oc1ccc(CCNC=S)cc1. The van der Waals surface area contributed by atoms with Crippen molar-refractivity contribution in [3.63, 3.8) is 0 Å². The maximum atomic E-state index is 8.99. The van der Waals surface area contributed by atoms with E-state index in [2.05, 4.69) is 17.5 Å². The Morgan fingerprint density at radius 3 is 2.58 bits per heavy atom. The Kier molecular flexibility index (Phi) is 3.54. The van der Waals surface area contributed by atoms with E-state index in [1.54, 1.807) is 12.1 Å². The van der Waals surface area contributed by atoms with E-state index in [-0.39, 0.29) is 0 Å². The fraction of sp³-hybridized carbons (Fsp3) is 0.222. The van der Waals surface area contributed by atoms with E-state index >= 15 is 0 Å². The van der Waals surface area contributed by atoms with Gasteiger partial charge in [-0.05, 0) is 24.1 Å². The van der Waals surface area contributed by atoms with Crippen molar-refractivity contribution >= 4 is 17.7 Å². The number of hydrogen-bond acceptors (Lipinski definition) is 2. The summed E-state index contributed by atoms with van der Waals surface area (Å²) in [6.45, 7) is 0.842. The summed E-state index contributed by atoms with van der Waals surface area (Å²) in [4.78, 5) is 0. The lowest BCUT2D eigenvalue weighted by Gasteiger charge is -2.00. The minimum atomic E-state index is 0.307. The van der Waals surface area contributed by atoms with Gasteiger partial charge in [-0.25, -0.2) is 0 Å². The molecule has 0 aliphatic heterocycles. The van der Waals surface area contributed by atoms with Crippen LogP contribution >= 0.6 is 12.2 Å². The highest BCUT2D eigenvalue weighted by atomic mass is 32.1. The number of benzene rings is 1. The minimum Gasteiger partial charge on any atom is -0.508 e. The minimum absolute atomic E-state index is 0.307. The van der Waals surface area contributed by atoms with E-state index in [4.69, 9.17) is 5.11 Å². The second-order valence-corrected chi connectivity index (χ2v) is 2.72. The summed E-state index contributed by atoms with van der Waals surface area (Å²) >= 11 is 4.61. The molecule has 0 heterocycles. The van der Waals surface area contributed by atoms with Crippen LogP contribution in [0, 0.1) is 0 Å². The topological polar surface area (TPSA) is 32.3 Å². The van der Waals surface area contributed by atoms with Gasteiger partial charge in [0.1, 0.15) is 5.75 Å². The van der Waals surface area contributed by atoms with Gasteiger partial charge in [-0.1, -0.05) is 24.4 Å². The molecule has 0 amide bonds. The second-order valence-electron chi connectivity index (χ2n) is 2.49. The maximum absolute atomic E-state index is 8.99. The third kappa shape index (κ3) is 2.88. The summed E-state index contributed by atoms with van der Waals surface area (Å²) < 4.78 is 0. The van der Waals surface area contributed by atoms with Crippen LogP contribution in [0.15, 0.2) is 24.3 Å². The summed E-state index contributed by atoms with van der Waals surface area (Å²) in [6.07, 6.45) is 0.924. The van der Waals surface area contributed by atoms with E-state index in [1.165, 1.54) is 11.1 Å². The molecule has 12 heavy (non-hydrogen) atoms. The zero-order chi connectivity index (χ0) is 8.81. The van der Waals surface area contributed by atoms with Crippen LogP contribution in [0.1, 0.15) is 5.56 Å². The van der Waals surface area contributed by atoms with Crippen molar-refractivity contribution in [2.75, 3.05) is 6.54 Å². The molecule has 2 N–H and O–H groups in total. The van der Waals surface area contributed by atoms with Crippen molar-refractivity contribution in [1.29, 1.82) is 0 Å². The van der Waals surface area contributed by atoms with Crippen LogP contribution in [0.2, 0.25) is 0 Å². The van der Waals surface area contributed by atoms with E-state index < -0.39 is 0 Å². The van der Waals surface area contributed by atoms with Gasteiger partial charge in [-0.3, -0.25) is 0 Å². The molecular formula is C9H11NOS. The number of aromatic hydroxyl groups is 1. The van der Waals surface area contributed by atoms with Crippen molar-refractivity contribution in [3.05, 3.63) is 29.8 Å². The first-order chi connectivity index (χ1) is 5.83. The Bertz CT molecular complexity index is 245. The van der Waals surface area contributed by atoms with Crippen LogP contribution in [-0.4, -0.2) is 17.1 Å². The molecule has 64 valence electrons. The molecular weight excluding hydrogens is 170 g/mol. The number of thiocarbonyl (C=S) groups is 1. The average molecular weight is 181 g/mol. The van der Waals surface area contributed by atoms with Crippen molar-refractivity contribution < 1.29 is 5.11 Å². The summed E-state index contributed by atoms with van der Waals surface area (Å²) in [7, 11) is 0.